The smallest absolute Gasteiger partial charge is 0.146 e. The summed E-state index contributed by atoms with van der Waals surface area (Å²) < 4.78 is 15.8. The largest absolute Gasteiger partial charge is 0.386 e. The molecule has 0 saturated heterocycles. The van der Waals surface area contributed by atoms with Crippen molar-refractivity contribution in [1.29, 1.82) is 0 Å². The first kappa shape index (κ1) is 15.8. The van der Waals surface area contributed by atoms with Gasteiger partial charge in [-0.15, -0.1) is 11.6 Å². The molecule has 0 amide bonds. The van der Waals surface area contributed by atoms with Gasteiger partial charge in [-0.05, 0) is 37.0 Å². The fraction of sp³-hybridized carbons (Fsp3) is 0.438. The number of aryl methyl sites for hydroxylation is 1. The lowest BCUT2D eigenvalue weighted by Crippen LogP contribution is -2.47. The van der Waals surface area contributed by atoms with Crippen LogP contribution in [0.1, 0.15) is 24.0 Å². The van der Waals surface area contributed by atoms with Crippen LogP contribution in [0.15, 0.2) is 30.7 Å². The van der Waals surface area contributed by atoms with Gasteiger partial charge in [-0.3, -0.25) is 0 Å². The van der Waals surface area contributed by atoms with Crippen molar-refractivity contribution >= 4 is 23.2 Å². The molecule has 1 saturated carbocycles. The second-order valence-electron chi connectivity index (χ2n) is 6.14. The van der Waals surface area contributed by atoms with Crippen molar-refractivity contribution in [3.05, 3.63) is 52.8 Å². The molecule has 1 heterocycles. The summed E-state index contributed by atoms with van der Waals surface area (Å²) in [7, 11) is 0. The lowest BCUT2D eigenvalue weighted by molar-refractivity contribution is 0.0101. The molecule has 3 rings (SSSR count). The van der Waals surface area contributed by atoms with Crippen LogP contribution in [0.25, 0.3) is 0 Å². The van der Waals surface area contributed by atoms with Crippen LogP contribution in [0.3, 0.4) is 0 Å². The Morgan fingerprint density at radius 2 is 2.18 bits per heavy atom. The second-order valence-corrected chi connectivity index (χ2v) is 7.25. The molecular formula is C16H17Cl2FN2O. The highest BCUT2D eigenvalue weighted by Gasteiger charge is 2.58. The normalized spacial score (nSPS) is 19.0. The van der Waals surface area contributed by atoms with E-state index in [0.717, 1.165) is 5.56 Å². The number of hydrogen-bond donors (Lipinski definition) is 1. The van der Waals surface area contributed by atoms with Crippen molar-refractivity contribution in [1.82, 2.24) is 9.55 Å². The maximum atomic E-state index is 14.1. The van der Waals surface area contributed by atoms with E-state index < -0.39 is 10.5 Å². The van der Waals surface area contributed by atoms with E-state index in [1.54, 1.807) is 23.2 Å². The Morgan fingerprint density at radius 1 is 1.45 bits per heavy atom. The SMILES string of the molecule is Cc1ccc(CC(O)(Cn2cnc(Cl)c2)C2(Cl)CC2)c(F)c1. The fourth-order valence-corrected chi connectivity index (χ4v) is 3.15. The summed E-state index contributed by atoms with van der Waals surface area (Å²) >= 11 is 12.3. The number of imidazole rings is 1. The van der Waals surface area contributed by atoms with Crippen molar-refractivity contribution in [2.45, 2.75) is 43.2 Å². The van der Waals surface area contributed by atoms with E-state index in [2.05, 4.69) is 4.98 Å². The number of alkyl halides is 1. The van der Waals surface area contributed by atoms with Crippen molar-refractivity contribution in [3.63, 3.8) is 0 Å². The van der Waals surface area contributed by atoms with Gasteiger partial charge in [-0.2, -0.15) is 0 Å². The topological polar surface area (TPSA) is 38.0 Å². The zero-order valence-corrected chi connectivity index (χ0v) is 13.7. The molecule has 0 aliphatic heterocycles. The van der Waals surface area contributed by atoms with E-state index in [1.165, 1.54) is 6.07 Å². The first-order chi connectivity index (χ1) is 10.3. The molecule has 1 unspecified atom stereocenters. The van der Waals surface area contributed by atoms with Crippen molar-refractivity contribution in [2.75, 3.05) is 0 Å². The van der Waals surface area contributed by atoms with Crippen LogP contribution in [0.5, 0.6) is 0 Å². The van der Waals surface area contributed by atoms with E-state index in [0.29, 0.717) is 23.6 Å². The summed E-state index contributed by atoms with van der Waals surface area (Å²) in [5, 5.41) is 11.5. The van der Waals surface area contributed by atoms with Gasteiger partial charge in [-0.1, -0.05) is 23.7 Å². The van der Waals surface area contributed by atoms with E-state index in [-0.39, 0.29) is 18.8 Å². The number of benzene rings is 1. The molecular weight excluding hydrogens is 326 g/mol. The van der Waals surface area contributed by atoms with Crippen LogP contribution in [0.4, 0.5) is 4.39 Å². The summed E-state index contributed by atoms with van der Waals surface area (Å²) in [4.78, 5) is 3.22. The molecule has 1 atom stereocenters. The van der Waals surface area contributed by atoms with Crippen LogP contribution in [-0.2, 0) is 13.0 Å². The van der Waals surface area contributed by atoms with Gasteiger partial charge >= 0.3 is 0 Å². The predicted octanol–water partition coefficient (Wildman–Crippen LogP) is 3.73. The minimum atomic E-state index is -1.26. The average Bonchev–Trinajstić information content (AvgIpc) is 3.07. The molecule has 1 aliphatic rings. The molecule has 0 radical (unpaired) electrons. The zero-order valence-electron chi connectivity index (χ0n) is 12.2. The van der Waals surface area contributed by atoms with Gasteiger partial charge in [0.2, 0.25) is 0 Å². The third-order valence-corrected chi connectivity index (χ3v) is 5.19. The van der Waals surface area contributed by atoms with Crippen LogP contribution in [0.2, 0.25) is 5.15 Å². The summed E-state index contributed by atoms with van der Waals surface area (Å²) in [5.41, 5.74) is 0.0544. The van der Waals surface area contributed by atoms with Crippen LogP contribution in [0, 0.1) is 12.7 Å². The number of rotatable bonds is 5. The summed E-state index contributed by atoms with van der Waals surface area (Å²) in [6, 6.07) is 5.01. The number of aromatic nitrogens is 2. The first-order valence-electron chi connectivity index (χ1n) is 7.15. The number of halogens is 3. The number of hydrogen-bond acceptors (Lipinski definition) is 2. The van der Waals surface area contributed by atoms with E-state index in [4.69, 9.17) is 23.2 Å². The Hall–Kier alpha value is -1.10. The highest BCUT2D eigenvalue weighted by atomic mass is 35.5. The molecule has 1 N–H and O–H groups in total. The fourth-order valence-electron chi connectivity index (χ4n) is 2.76. The maximum absolute atomic E-state index is 14.1. The molecule has 1 aromatic heterocycles. The molecule has 0 bridgehead atoms. The summed E-state index contributed by atoms with van der Waals surface area (Å²) in [6.07, 6.45) is 4.74. The Morgan fingerprint density at radius 3 is 2.73 bits per heavy atom. The Labute approximate surface area is 138 Å². The highest BCUT2D eigenvalue weighted by molar-refractivity contribution is 6.29. The quantitative estimate of drug-likeness (QED) is 0.840. The Kier molecular flexibility index (Phi) is 3.96. The number of nitrogens with zero attached hydrogens (tertiary/aromatic N) is 2. The second kappa shape index (κ2) is 5.52. The Balaban J connectivity index is 1.89. The lowest BCUT2D eigenvalue weighted by atomic mass is 9.88. The van der Waals surface area contributed by atoms with Gasteiger partial charge in [0, 0.05) is 12.6 Å². The minimum absolute atomic E-state index is 0.151. The maximum Gasteiger partial charge on any atom is 0.146 e. The zero-order chi connectivity index (χ0) is 16.0. The van der Waals surface area contributed by atoms with Crippen LogP contribution >= 0.6 is 23.2 Å². The standard InChI is InChI=1S/C16H17Cl2FN2O/c1-11-2-3-12(13(19)6-11)7-16(22,15(18)4-5-15)9-21-8-14(17)20-10-21/h2-3,6,8,10,22H,4-5,7,9H2,1H3. The van der Waals surface area contributed by atoms with Gasteiger partial charge in [0.25, 0.3) is 0 Å². The van der Waals surface area contributed by atoms with Crippen LogP contribution in [-0.4, -0.2) is 25.1 Å². The molecule has 2 aromatic rings. The van der Waals surface area contributed by atoms with E-state index in [1.807, 2.05) is 13.0 Å². The van der Waals surface area contributed by atoms with E-state index in [9.17, 15) is 9.50 Å². The molecule has 22 heavy (non-hydrogen) atoms. The van der Waals surface area contributed by atoms with E-state index >= 15 is 0 Å². The molecule has 1 fully saturated rings. The van der Waals surface area contributed by atoms with Gasteiger partial charge in [0.15, 0.2) is 0 Å². The van der Waals surface area contributed by atoms with Gasteiger partial charge in [0.1, 0.15) is 16.6 Å². The van der Waals surface area contributed by atoms with Gasteiger partial charge < -0.3 is 9.67 Å². The average molecular weight is 343 g/mol. The first-order valence-corrected chi connectivity index (χ1v) is 7.91. The molecule has 1 aromatic carbocycles. The Bertz CT molecular complexity index is 699. The molecule has 0 spiro atoms. The van der Waals surface area contributed by atoms with Crippen LogP contribution < -0.4 is 0 Å². The number of aliphatic hydroxyl groups is 1. The lowest BCUT2D eigenvalue weighted by Gasteiger charge is -2.33. The monoisotopic (exact) mass is 342 g/mol. The van der Waals surface area contributed by atoms with Crippen molar-refractivity contribution in [2.24, 2.45) is 0 Å². The molecule has 118 valence electrons. The highest BCUT2D eigenvalue weighted by Crippen LogP contribution is 2.53. The molecule has 6 heteroatoms. The van der Waals surface area contributed by atoms with Crippen molar-refractivity contribution in [3.8, 4) is 0 Å². The third-order valence-electron chi connectivity index (χ3n) is 4.26. The predicted molar refractivity (Wildman–Crippen MR) is 84.8 cm³/mol. The molecule has 3 nitrogen and oxygen atoms in total. The molecule has 1 aliphatic carbocycles. The van der Waals surface area contributed by atoms with Gasteiger partial charge in [0.05, 0.1) is 17.7 Å². The van der Waals surface area contributed by atoms with Gasteiger partial charge in [-0.25, -0.2) is 9.37 Å². The summed E-state index contributed by atoms with van der Waals surface area (Å²) in [6.45, 7) is 2.06. The third kappa shape index (κ3) is 3.00. The minimum Gasteiger partial charge on any atom is -0.386 e. The van der Waals surface area contributed by atoms with Crippen molar-refractivity contribution < 1.29 is 9.50 Å². The summed E-state index contributed by atoms with van der Waals surface area (Å²) in [5.74, 6) is -0.317.